The number of amides is 2. The number of para-hydroxylation sites is 1. The Kier molecular flexibility index (Phi) is 4.19. The van der Waals surface area contributed by atoms with Gasteiger partial charge in [0, 0.05) is 5.56 Å². The minimum atomic E-state index is -0.775. The first-order valence-corrected chi connectivity index (χ1v) is 8.54. The Labute approximate surface area is 155 Å². The molecule has 0 saturated heterocycles. The molecule has 2 amide bonds. The minimum Gasteiger partial charge on any atom is -0.324 e. The van der Waals surface area contributed by atoms with Crippen molar-refractivity contribution in [2.45, 2.75) is 19.4 Å². The number of aromatic nitrogens is 2. The van der Waals surface area contributed by atoms with E-state index >= 15 is 0 Å². The number of carbonyl (C=O) groups excluding carboxylic acids is 2. The molecule has 0 fully saturated rings. The zero-order chi connectivity index (χ0) is 19.0. The fourth-order valence-corrected chi connectivity index (χ4v) is 3.27. The van der Waals surface area contributed by atoms with E-state index in [0.717, 1.165) is 16.8 Å². The lowest BCUT2D eigenvalue weighted by molar-refractivity contribution is -0.123. The summed E-state index contributed by atoms with van der Waals surface area (Å²) < 4.78 is 15.3. The summed E-state index contributed by atoms with van der Waals surface area (Å²) in [6.07, 6.45) is -0.136. The van der Waals surface area contributed by atoms with Gasteiger partial charge in [0.05, 0.1) is 17.8 Å². The summed E-state index contributed by atoms with van der Waals surface area (Å²) in [4.78, 5) is 24.8. The number of anilines is 2. The number of carbonyl (C=O) groups is 2. The summed E-state index contributed by atoms with van der Waals surface area (Å²) in [6, 6.07) is 14.7. The topological polar surface area (TPSA) is 76.0 Å². The highest BCUT2D eigenvalue weighted by Gasteiger charge is 2.36. The normalized spacial score (nSPS) is 15.3. The average Bonchev–Trinajstić information content (AvgIpc) is 3.12. The van der Waals surface area contributed by atoms with Gasteiger partial charge in [0.25, 0.3) is 5.91 Å². The molecule has 0 bridgehead atoms. The Bertz CT molecular complexity index is 1030. The number of fused-ring (bicyclic) bond motifs is 1. The second-order valence-electron chi connectivity index (χ2n) is 6.36. The van der Waals surface area contributed by atoms with Crippen molar-refractivity contribution < 1.29 is 14.0 Å². The van der Waals surface area contributed by atoms with Gasteiger partial charge in [0.1, 0.15) is 17.7 Å². The van der Waals surface area contributed by atoms with Gasteiger partial charge in [-0.05, 0) is 24.6 Å². The average molecular weight is 364 g/mol. The van der Waals surface area contributed by atoms with Crippen LogP contribution in [-0.4, -0.2) is 21.6 Å². The van der Waals surface area contributed by atoms with Gasteiger partial charge in [-0.2, -0.15) is 5.10 Å². The number of hydrogen-bond donors (Lipinski definition) is 2. The van der Waals surface area contributed by atoms with Crippen LogP contribution in [0.2, 0.25) is 0 Å². The van der Waals surface area contributed by atoms with Gasteiger partial charge in [0.2, 0.25) is 5.91 Å². The summed E-state index contributed by atoms with van der Waals surface area (Å²) in [6.45, 7) is 1.86. The van der Waals surface area contributed by atoms with Crippen LogP contribution in [0.1, 0.15) is 18.2 Å². The Morgan fingerprint density at radius 1 is 1.19 bits per heavy atom. The zero-order valence-corrected chi connectivity index (χ0v) is 14.6. The maximum atomic E-state index is 13.7. The van der Waals surface area contributed by atoms with E-state index in [1.807, 2.05) is 37.3 Å². The molecule has 6 nitrogen and oxygen atoms in total. The summed E-state index contributed by atoms with van der Waals surface area (Å²) >= 11 is 0. The number of nitrogens with zero attached hydrogens (tertiary/aromatic N) is 2. The van der Waals surface area contributed by atoms with E-state index in [4.69, 9.17) is 0 Å². The van der Waals surface area contributed by atoms with Crippen molar-refractivity contribution in [2.75, 3.05) is 10.6 Å². The van der Waals surface area contributed by atoms with Crippen molar-refractivity contribution in [3.63, 3.8) is 0 Å². The molecule has 0 saturated carbocycles. The van der Waals surface area contributed by atoms with Gasteiger partial charge >= 0.3 is 0 Å². The first-order chi connectivity index (χ1) is 13.0. The van der Waals surface area contributed by atoms with Crippen molar-refractivity contribution in [3.8, 4) is 11.1 Å². The molecular weight excluding hydrogens is 347 g/mol. The third-order valence-corrected chi connectivity index (χ3v) is 4.51. The first kappa shape index (κ1) is 17.0. The summed E-state index contributed by atoms with van der Waals surface area (Å²) in [5.74, 6) is -0.711. The summed E-state index contributed by atoms with van der Waals surface area (Å²) in [5, 5.41) is 9.79. The van der Waals surface area contributed by atoms with E-state index in [2.05, 4.69) is 15.7 Å². The van der Waals surface area contributed by atoms with E-state index in [-0.39, 0.29) is 18.0 Å². The highest BCUT2D eigenvalue weighted by atomic mass is 19.1. The molecule has 0 aliphatic carbocycles. The molecule has 0 spiro atoms. The molecule has 3 aromatic rings. The summed E-state index contributed by atoms with van der Waals surface area (Å²) in [5.41, 5.74) is 2.62. The maximum absolute atomic E-state index is 13.7. The molecule has 1 aliphatic rings. The third kappa shape index (κ3) is 3.08. The number of halogens is 1. The van der Waals surface area contributed by atoms with Crippen LogP contribution in [0.15, 0.2) is 54.6 Å². The molecule has 0 unspecified atom stereocenters. The van der Waals surface area contributed by atoms with Crippen LogP contribution >= 0.6 is 0 Å². The van der Waals surface area contributed by atoms with Crippen molar-refractivity contribution >= 4 is 23.3 Å². The van der Waals surface area contributed by atoms with Gasteiger partial charge in [-0.15, -0.1) is 0 Å². The van der Waals surface area contributed by atoms with Crippen LogP contribution in [0.4, 0.5) is 15.9 Å². The highest BCUT2D eigenvalue weighted by molar-refractivity contribution is 6.04. The predicted octanol–water partition coefficient (Wildman–Crippen LogP) is 3.52. The molecule has 136 valence electrons. The smallest absolute Gasteiger partial charge is 0.251 e. The molecule has 1 aliphatic heterocycles. The van der Waals surface area contributed by atoms with Crippen molar-refractivity contribution in [2.24, 2.45) is 0 Å². The van der Waals surface area contributed by atoms with Gasteiger partial charge in [-0.25, -0.2) is 9.07 Å². The van der Waals surface area contributed by atoms with Crippen molar-refractivity contribution in [1.82, 2.24) is 9.78 Å². The van der Waals surface area contributed by atoms with Crippen LogP contribution in [0.5, 0.6) is 0 Å². The first-order valence-electron chi connectivity index (χ1n) is 8.54. The molecule has 1 atom stereocenters. The Balaban J connectivity index is 1.59. The van der Waals surface area contributed by atoms with E-state index in [9.17, 15) is 14.0 Å². The Hall–Kier alpha value is -3.48. The lowest BCUT2D eigenvalue weighted by Gasteiger charge is -2.10. The number of rotatable bonds is 4. The minimum absolute atomic E-state index is 0.0859. The fraction of sp³-hybridized carbons (Fsp3) is 0.150. The molecule has 2 N–H and O–H groups in total. The fourth-order valence-electron chi connectivity index (χ4n) is 3.27. The van der Waals surface area contributed by atoms with Gasteiger partial charge in [0.15, 0.2) is 0 Å². The van der Waals surface area contributed by atoms with Crippen LogP contribution in [0, 0.1) is 12.7 Å². The van der Waals surface area contributed by atoms with Crippen molar-refractivity contribution in [1.29, 1.82) is 0 Å². The van der Waals surface area contributed by atoms with Gasteiger partial charge in [-0.3, -0.25) is 9.59 Å². The second kappa shape index (κ2) is 6.68. The van der Waals surface area contributed by atoms with E-state index in [0.29, 0.717) is 5.82 Å². The van der Waals surface area contributed by atoms with Crippen LogP contribution in [0.25, 0.3) is 11.1 Å². The molecular formula is C20H17FN4O2. The van der Waals surface area contributed by atoms with Crippen LogP contribution in [-0.2, 0) is 9.59 Å². The largest absolute Gasteiger partial charge is 0.324 e. The number of hydrogen-bond acceptors (Lipinski definition) is 3. The molecule has 27 heavy (non-hydrogen) atoms. The predicted molar refractivity (Wildman–Crippen MR) is 99.7 cm³/mol. The van der Waals surface area contributed by atoms with Gasteiger partial charge in [-0.1, -0.05) is 42.5 Å². The van der Waals surface area contributed by atoms with E-state index < -0.39 is 17.8 Å². The summed E-state index contributed by atoms with van der Waals surface area (Å²) in [7, 11) is 0. The Morgan fingerprint density at radius 3 is 2.63 bits per heavy atom. The lowest BCUT2D eigenvalue weighted by atomic mass is 10.1. The molecule has 2 aromatic carbocycles. The van der Waals surface area contributed by atoms with Crippen LogP contribution < -0.4 is 10.6 Å². The standard InChI is InChI=1S/C20H17FN4O2/c1-12-18(13-7-3-2-4-8-13)19-23-20(27)16(25(19)24-12)11-17(26)22-15-10-6-5-9-14(15)21/h2-10,16H,11H2,1H3,(H,22,26)(H,23,27)/t16-/m1/s1. The molecule has 7 heteroatoms. The Morgan fingerprint density at radius 2 is 1.89 bits per heavy atom. The molecule has 0 radical (unpaired) electrons. The molecule has 1 aromatic heterocycles. The second-order valence-corrected chi connectivity index (χ2v) is 6.36. The van der Waals surface area contributed by atoms with E-state index in [1.165, 1.54) is 12.1 Å². The highest BCUT2D eigenvalue weighted by Crippen LogP contribution is 2.38. The zero-order valence-electron chi connectivity index (χ0n) is 14.6. The molecule has 4 rings (SSSR count). The van der Waals surface area contributed by atoms with Crippen LogP contribution in [0.3, 0.4) is 0 Å². The number of benzene rings is 2. The molecule has 2 heterocycles. The lowest BCUT2D eigenvalue weighted by Crippen LogP contribution is -2.24. The number of aryl methyl sites for hydroxylation is 1. The maximum Gasteiger partial charge on any atom is 0.251 e. The van der Waals surface area contributed by atoms with Crippen molar-refractivity contribution in [3.05, 3.63) is 66.1 Å². The SMILES string of the molecule is Cc1nn2c(c1-c1ccccc1)NC(=O)[C@H]2CC(=O)Nc1ccccc1F. The quantitative estimate of drug-likeness (QED) is 0.744. The monoisotopic (exact) mass is 364 g/mol. The van der Waals surface area contributed by atoms with E-state index in [1.54, 1.807) is 16.8 Å². The van der Waals surface area contributed by atoms with Gasteiger partial charge < -0.3 is 10.6 Å². The number of nitrogens with one attached hydrogen (secondary N) is 2. The third-order valence-electron chi connectivity index (χ3n) is 4.51.